The first-order valence-electron chi connectivity index (χ1n) is 3.21. The van der Waals surface area contributed by atoms with Crippen molar-refractivity contribution in [3.8, 4) is 0 Å². The van der Waals surface area contributed by atoms with Gasteiger partial charge in [0.2, 0.25) is 5.91 Å². The molecule has 1 atom stereocenters. The fourth-order valence-electron chi connectivity index (χ4n) is 0.444. The van der Waals surface area contributed by atoms with E-state index < -0.39 is 17.8 Å². The molecule has 3 N–H and O–H groups in total. The first kappa shape index (κ1) is 9.90. The minimum absolute atomic E-state index is 0.0937. The average molecular weight is 161 g/mol. The summed E-state index contributed by atoms with van der Waals surface area (Å²) < 4.78 is 0. The quantitative estimate of drug-likeness (QED) is 0.453. The number of rotatable bonds is 4. The van der Waals surface area contributed by atoms with Crippen molar-refractivity contribution in [2.24, 2.45) is 5.92 Å². The Kier molecular flexibility index (Phi) is 4.21. The van der Waals surface area contributed by atoms with E-state index in [9.17, 15) is 9.59 Å². The number of carbonyl (C=O) groups excluding carboxylic acids is 1. The molecule has 5 heteroatoms. The van der Waals surface area contributed by atoms with Crippen LogP contribution in [0.25, 0.3) is 0 Å². The largest absolute Gasteiger partial charge is 0.481 e. The lowest BCUT2D eigenvalue weighted by Gasteiger charge is -2.05. The second-order valence-corrected chi connectivity index (χ2v) is 2.07. The van der Waals surface area contributed by atoms with Gasteiger partial charge in [0.05, 0.1) is 6.61 Å². The second-order valence-electron chi connectivity index (χ2n) is 2.07. The van der Waals surface area contributed by atoms with E-state index >= 15 is 0 Å². The highest BCUT2D eigenvalue weighted by Gasteiger charge is 2.19. The van der Waals surface area contributed by atoms with Crippen LogP contribution in [0.15, 0.2) is 0 Å². The van der Waals surface area contributed by atoms with Gasteiger partial charge >= 0.3 is 5.97 Å². The number of aliphatic hydroxyl groups excluding tert-OH is 1. The topological polar surface area (TPSA) is 86.6 Å². The zero-order valence-corrected chi connectivity index (χ0v) is 6.20. The Bertz CT molecular complexity index is 157. The third kappa shape index (κ3) is 3.57. The van der Waals surface area contributed by atoms with E-state index in [-0.39, 0.29) is 13.2 Å². The van der Waals surface area contributed by atoms with Gasteiger partial charge in [-0.25, -0.2) is 0 Å². The maximum absolute atomic E-state index is 10.7. The van der Waals surface area contributed by atoms with Crippen LogP contribution in [0.4, 0.5) is 0 Å². The van der Waals surface area contributed by atoms with Gasteiger partial charge in [0, 0.05) is 6.54 Å². The van der Waals surface area contributed by atoms with Crippen molar-refractivity contribution in [1.82, 2.24) is 5.32 Å². The van der Waals surface area contributed by atoms with Crippen molar-refractivity contribution in [3.63, 3.8) is 0 Å². The Balaban J connectivity index is 3.74. The molecule has 0 aliphatic heterocycles. The lowest BCUT2D eigenvalue weighted by Crippen LogP contribution is -2.35. The van der Waals surface area contributed by atoms with Gasteiger partial charge in [-0.3, -0.25) is 9.59 Å². The molecule has 0 radical (unpaired) electrons. The number of carboxylic acids is 1. The molecule has 0 fully saturated rings. The summed E-state index contributed by atoms with van der Waals surface area (Å²) in [6, 6.07) is 0. The first-order chi connectivity index (χ1) is 5.09. The van der Waals surface area contributed by atoms with E-state index in [4.69, 9.17) is 10.2 Å². The van der Waals surface area contributed by atoms with Gasteiger partial charge in [-0.1, -0.05) is 0 Å². The highest BCUT2D eigenvalue weighted by atomic mass is 16.4. The Hall–Kier alpha value is -1.10. The van der Waals surface area contributed by atoms with Crippen LogP contribution in [0, 0.1) is 5.92 Å². The molecule has 0 aromatic rings. The predicted molar refractivity (Wildman–Crippen MR) is 36.9 cm³/mol. The van der Waals surface area contributed by atoms with Crippen molar-refractivity contribution in [3.05, 3.63) is 0 Å². The van der Waals surface area contributed by atoms with Crippen LogP contribution in [0.1, 0.15) is 6.92 Å². The molecule has 5 nitrogen and oxygen atoms in total. The van der Waals surface area contributed by atoms with Crippen LogP contribution in [0.3, 0.4) is 0 Å². The van der Waals surface area contributed by atoms with Crippen molar-refractivity contribution in [2.75, 3.05) is 13.2 Å². The molecule has 0 aliphatic carbocycles. The number of hydrogen-bond acceptors (Lipinski definition) is 3. The summed E-state index contributed by atoms with van der Waals surface area (Å²) in [5.74, 6) is -2.80. The summed E-state index contributed by atoms with van der Waals surface area (Å²) in [7, 11) is 0. The zero-order chi connectivity index (χ0) is 8.85. The lowest BCUT2D eigenvalue weighted by atomic mass is 10.2. The standard InChI is InChI=1S/C6H11NO4/c1-4(6(10)11)5(9)7-2-3-8/h4,8H,2-3H2,1H3,(H,7,9)(H,10,11). The van der Waals surface area contributed by atoms with Crippen LogP contribution in [-0.2, 0) is 9.59 Å². The second kappa shape index (κ2) is 4.68. The number of nitrogens with one attached hydrogen (secondary N) is 1. The monoisotopic (exact) mass is 161 g/mol. The molecule has 64 valence electrons. The summed E-state index contributed by atoms with van der Waals surface area (Å²) in [6.07, 6.45) is 0. The summed E-state index contributed by atoms with van der Waals surface area (Å²) in [4.78, 5) is 20.9. The van der Waals surface area contributed by atoms with E-state index in [1.165, 1.54) is 6.92 Å². The summed E-state index contributed by atoms with van der Waals surface area (Å²) in [5.41, 5.74) is 0. The van der Waals surface area contributed by atoms with Gasteiger partial charge < -0.3 is 15.5 Å². The molecule has 11 heavy (non-hydrogen) atoms. The maximum Gasteiger partial charge on any atom is 0.315 e. The molecule has 0 bridgehead atoms. The maximum atomic E-state index is 10.7. The third-order valence-corrected chi connectivity index (χ3v) is 1.17. The fourth-order valence-corrected chi connectivity index (χ4v) is 0.444. The van der Waals surface area contributed by atoms with E-state index in [1.807, 2.05) is 0 Å². The number of amides is 1. The molecular formula is C6H11NO4. The molecule has 0 aliphatic rings. The van der Waals surface area contributed by atoms with Crippen LogP contribution in [0.2, 0.25) is 0 Å². The van der Waals surface area contributed by atoms with Gasteiger partial charge in [-0.05, 0) is 6.92 Å². The van der Waals surface area contributed by atoms with Gasteiger partial charge in [0.25, 0.3) is 0 Å². The van der Waals surface area contributed by atoms with Crippen LogP contribution in [-0.4, -0.2) is 35.2 Å². The molecule has 0 aromatic carbocycles. The Morgan fingerprint density at radius 1 is 1.55 bits per heavy atom. The van der Waals surface area contributed by atoms with Gasteiger partial charge in [-0.2, -0.15) is 0 Å². The Morgan fingerprint density at radius 2 is 2.09 bits per heavy atom. The molecule has 0 saturated heterocycles. The molecule has 0 spiro atoms. The minimum Gasteiger partial charge on any atom is -0.481 e. The van der Waals surface area contributed by atoms with Crippen LogP contribution >= 0.6 is 0 Å². The number of carbonyl (C=O) groups is 2. The van der Waals surface area contributed by atoms with Crippen molar-refractivity contribution < 1.29 is 19.8 Å². The molecule has 0 rings (SSSR count). The number of aliphatic carboxylic acids is 1. The summed E-state index contributed by atoms with van der Waals surface area (Å²) in [5, 5.41) is 18.8. The van der Waals surface area contributed by atoms with Crippen molar-refractivity contribution in [2.45, 2.75) is 6.92 Å². The molecule has 0 aromatic heterocycles. The molecular weight excluding hydrogens is 150 g/mol. The normalized spacial score (nSPS) is 12.2. The van der Waals surface area contributed by atoms with Crippen LogP contribution in [0.5, 0.6) is 0 Å². The van der Waals surface area contributed by atoms with E-state index in [0.29, 0.717) is 0 Å². The summed E-state index contributed by atoms with van der Waals surface area (Å²) >= 11 is 0. The molecule has 0 saturated carbocycles. The van der Waals surface area contributed by atoms with E-state index in [0.717, 1.165) is 0 Å². The summed E-state index contributed by atoms with van der Waals surface area (Å²) in [6.45, 7) is 1.20. The average Bonchev–Trinajstić information content (AvgIpc) is 1.98. The lowest BCUT2D eigenvalue weighted by molar-refractivity contribution is -0.146. The van der Waals surface area contributed by atoms with Crippen LogP contribution < -0.4 is 5.32 Å². The smallest absolute Gasteiger partial charge is 0.315 e. The van der Waals surface area contributed by atoms with Gasteiger partial charge in [0.15, 0.2) is 0 Å². The fraction of sp³-hybridized carbons (Fsp3) is 0.667. The highest BCUT2D eigenvalue weighted by Crippen LogP contribution is 1.92. The van der Waals surface area contributed by atoms with Crippen molar-refractivity contribution >= 4 is 11.9 Å². The van der Waals surface area contributed by atoms with E-state index in [2.05, 4.69) is 5.32 Å². The molecule has 1 amide bonds. The first-order valence-corrected chi connectivity index (χ1v) is 3.21. The Labute approximate surface area is 64.0 Å². The Morgan fingerprint density at radius 3 is 2.45 bits per heavy atom. The number of hydrogen-bond donors (Lipinski definition) is 3. The number of aliphatic hydroxyl groups is 1. The molecule has 1 unspecified atom stereocenters. The van der Waals surface area contributed by atoms with Gasteiger partial charge in [-0.15, -0.1) is 0 Å². The molecule has 0 heterocycles. The van der Waals surface area contributed by atoms with E-state index in [1.54, 1.807) is 0 Å². The number of carboxylic acid groups (broad SMARTS) is 1. The minimum atomic E-state index is -1.17. The predicted octanol–water partition coefficient (Wildman–Crippen LogP) is -1.18. The van der Waals surface area contributed by atoms with Gasteiger partial charge in [0.1, 0.15) is 5.92 Å². The highest BCUT2D eigenvalue weighted by molar-refractivity contribution is 5.96. The SMILES string of the molecule is CC(C(=O)O)C(=O)NCCO. The zero-order valence-electron chi connectivity index (χ0n) is 6.20. The van der Waals surface area contributed by atoms with Crippen molar-refractivity contribution in [1.29, 1.82) is 0 Å². The third-order valence-electron chi connectivity index (χ3n) is 1.17.